The summed E-state index contributed by atoms with van der Waals surface area (Å²) in [6.45, 7) is 7.99. The first kappa shape index (κ1) is 13.3. The van der Waals surface area contributed by atoms with Gasteiger partial charge in [-0.25, -0.2) is 4.99 Å². The van der Waals surface area contributed by atoms with Crippen LogP contribution in [0.1, 0.15) is 12.6 Å². The molecule has 0 spiro atoms. The second-order valence-electron chi connectivity index (χ2n) is 5.07. The topological polar surface area (TPSA) is 30.2 Å². The van der Waals surface area contributed by atoms with E-state index in [1.165, 1.54) is 5.39 Å². The fourth-order valence-electron chi connectivity index (χ4n) is 2.31. The van der Waals surface area contributed by atoms with Crippen LogP contribution >= 0.6 is 0 Å². The molecule has 21 heavy (non-hydrogen) atoms. The van der Waals surface area contributed by atoms with Crippen LogP contribution in [0.5, 0.6) is 0 Å². The number of nitrogens with zero attached hydrogens (tertiary/aromatic N) is 3. The third kappa shape index (κ3) is 2.63. The average molecular weight is 275 g/mol. The summed E-state index contributed by atoms with van der Waals surface area (Å²) in [6.07, 6.45) is 5.76. The summed E-state index contributed by atoms with van der Waals surface area (Å²) in [5.74, 6) is 0.902. The molecule has 3 heteroatoms. The molecule has 104 valence electrons. The van der Waals surface area contributed by atoms with Crippen LogP contribution < -0.4 is 10.4 Å². The molecule has 0 aliphatic carbocycles. The highest BCUT2D eigenvalue weighted by atomic mass is 15.0. The van der Waals surface area contributed by atoms with Gasteiger partial charge in [-0.1, -0.05) is 30.8 Å². The Kier molecular flexibility index (Phi) is 3.40. The molecule has 3 aromatic rings. The highest BCUT2D eigenvalue weighted by Gasteiger charge is 2.03. The molecule has 0 bridgehead atoms. The molecule has 0 radical (unpaired) electrons. The van der Waals surface area contributed by atoms with Gasteiger partial charge >= 0.3 is 0 Å². The number of pyridine rings is 1. The van der Waals surface area contributed by atoms with Gasteiger partial charge in [0.2, 0.25) is 0 Å². The zero-order valence-corrected chi connectivity index (χ0v) is 12.2. The van der Waals surface area contributed by atoms with Crippen molar-refractivity contribution in [1.82, 2.24) is 9.55 Å². The van der Waals surface area contributed by atoms with Gasteiger partial charge in [-0.3, -0.25) is 4.98 Å². The SMILES string of the molecule is C=c1cccc/c1=C/N=C(\C)n1ccc2cc(C)ncc21. The van der Waals surface area contributed by atoms with E-state index in [1.54, 1.807) is 0 Å². The summed E-state index contributed by atoms with van der Waals surface area (Å²) >= 11 is 0. The molecule has 0 atom stereocenters. The first-order valence-electron chi connectivity index (χ1n) is 6.88. The van der Waals surface area contributed by atoms with Gasteiger partial charge in [0.05, 0.1) is 11.7 Å². The lowest BCUT2D eigenvalue weighted by Gasteiger charge is -2.03. The van der Waals surface area contributed by atoms with Crippen molar-refractivity contribution in [2.24, 2.45) is 4.99 Å². The van der Waals surface area contributed by atoms with Crippen LogP contribution in [0.3, 0.4) is 0 Å². The minimum absolute atomic E-state index is 0.902. The third-order valence-corrected chi connectivity index (χ3v) is 3.51. The Morgan fingerprint density at radius 1 is 1.29 bits per heavy atom. The van der Waals surface area contributed by atoms with Crippen LogP contribution in [0.2, 0.25) is 0 Å². The Morgan fingerprint density at radius 2 is 2.10 bits per heavy atom. The summed E-state index contributed by atoms with van der Waals surface area (Å²) in [7, 11) is 0. The van der Waals surface area contributed by atoms with E-state index in [-0.39, 0.29) is 0 Å². The van der Waals surface area contributed by atoms with Crippen molar-refractivity contribution in [3.63, 3.8) is 0 Å². The Balaban J connectivity index is 2.07. The number of aliphatic imine (C=N–C) groups is 1. The van der Waals surface area contributed by atoms with E-state index in [1.807, 2.05) is 61.3 Å². The molecule has 0 saturated heterocycles. The second kappa shape index (κ2) is 5.37. The van der Waals surface area contributed by atoms with Crippen LogP contribution in [-0.2, 0) is 0 Å². The van der Waals surface area contributed by atoms with Crippen molar-refractivity contribution >= 4 is 29.5 Å². The largest absolute Gasteiger partial charge is 0.303 e. The number of fused-ring (bicyclic) bond motifs is 1. The molecule has 0 unspecified atom stereocenters. The lowest BCUT2D eigenvalue weighted by atomic mass is 10.2. The predicted octanol–water partition coefficient (Wildman–Crippen LogP) is 2.46. The van der Waals surface area contributed by atoms with Gasteiger partial charge in [-0.05, 0) is 36.4 Å². The molecular formula is C18H17N3. The molecule has 2 heterocycles. The van der Waals surface area contributed by atoms with E-state index >= 15 is 0 Å². The Bertz CT molecular complexity index is 932. The lowest BCUT2D eigenvalue weighted by molar-refractivity contribution is 1.16. The van der Waals surface area contributed by atoms with Gasteiger partial charge < -0.3 is 4.57 Å². The monoisotopic (exact) mass is 275 g/mol. The van der Waals surface area contributed by atoms with Crippen molar-refractivity contribution in [3.05, 3.63) is 64.9 Å². The van der Waals surface area contributed by atoms with E-state index in [0.717, 1.165) is 27.5 Å². The molecule has 0 aliphatic heterocycles. The van der Waals surface area contributed by atoms with Crippen LogP contribution in [0, 0.1) is 6.92 Å². The fourth-order valence-corrected chi connectivity index (χ4v) is 2.31. The van der Waals surface area contributed by atoms with Crippen molar-refractivity contribution in [2.45, 2.75) is 13.8 Å². The number of rotatable bonds is 1. The second-order valence-corrected chi connectivity index (χ2v) is 5.07. The molecular weight excluding hydrogens is 258 g/mol. The predicted molar refractivity (Wildman–Crippen MR) is 88.7 cm³/mol. The van der Waals surface area contributed by atoms with Crippen LogP contribution in [0.4, 0.5) is 0 Å². The number of hydrogen-bond donors (Lipinski definition) is 0. The maximum atomic E-state index is 4.56. The summed E-state index contributed by atoms with van der Waals surface area (Å²) in [5.41, 5.74) is 2.09. The van der Waals surface area contributed by atoms with Gasteiger partial charge in [0.1, 0.15) is 5.84 Å². The maximum Gasteiger partial charge on any atom is 0.110 e. The van der Waals surface area contributed by atoms with Gasteiger partial charge in [0.25, 0.3) is 0 Å². The Morgan fingerprint density at radius 3 is 2.90 bits per heavy atom. The zero-order valence-electron chi connectivity index (χ0n) is 12.2. The zero-order chi connectivity index (χ0) is 14.8. The summed E-state index contributed by atoms with van der Waals surface area (Å²) in [5, 5.41) is 3.18. The van der Waals surface area contributed by atoms with Crippen LogP contribution in [0.15, 0.2) is 53.8 Å². The minimum atomic E-state index is 0.902. The molecule has 0 saturated carbocycles. The van der Waals surface area contributed by atoms with E-state index in [4.69, 9.17) is 0 Å². The van der Waals surface area contributed by atoms with Crippen molar-refractivity contribution in [1.29, 1.82) is 0 Å². The Labute approximate surface area is 123 Å². The number of aromatic nitrogens is 2. The standard InChI is InChI=1S/C18H17N3/c1-13-6-4-5-7-17(13)11-20-15(3)21-9-8-16-10-14(2)19-12-18(16)21/h4-12H,1H2,2-3H3/b17-11-,20-15+. The molecule has 2 aromatic heterocycles. The smallest absolute Gasteiger partial charge is 0.110 e. The van der Waals surface area contributed by atoms with Crippen molar-refractivity contribution in [3.8, 4) is 0 Å². The molecule has 0 amide bonds. The molecule has 1 aromatic carbocycles. The first-order chi connectivity index (χ1) is 10.1. The summed E-state index contributed by atoms with van der Waals surface area (Å²) in [4.78, 5) is 8.92. The Hall–Kier alpha value is -2.68. The van der Waals surface area contributed by atoms with Crippen molar-refractivity contribution < 1.29 is 0 Å². The number of benzene rings is 1. The molecule has 3 nitrogen and oxygen atoms in total. The molecule has 0 N–H and O–H groups in total. The van der Waals surface area contributed by atoms with E-state index in [0.29, 0.717) is 0 Å². The summed E-state index contributed by atoms with van der Waals surface area (Å²) < 4.78 is 2.05. The molecule has 0 fully saturated rings. The van der Waals surface area contributed by atoms with Gasteiger partial charge in [-0.15, -0.1) is 0 Å². The fraction of sp³-hybridized carbons (Fsp3) is 0.111. The van der Waals surface area contributed by atoms with Crippen LogP contribution in [0.25, 0.3) is 23.7 Å². The minimum Gasteiger partial charge on any atom is -0.303 e. The van der Waals surface area contributed by atoms with E-state index in [2.05, 4.69) is 28.7 Å². The average Bonchev–Trinajstić information content (AvgIpc) is 2.89. The highest BCUT2D eigenvalue weighted by Crippen LogP contribution is 2.15. The third-order valence-electron chi connectivity index (χ3n) is 3.51. The van der Waals surface area contributed by atoms with Gasteiger partial charge in [0, 0.05) is 23.5 Å². The van der Waals surface area contributed by atoms with E-state index in [9.17, 15) is 0 Å². The van der Waals surface area contributed by atoms with Crippen LogP contribution in [-0.4, -0.2) is 15.4 Å². The van der Waals surface area contributed by atoms with Gasteiger partial charge in [-0.2, -0.15) is 0 Å². The normalized spacial score (nSPS) is 13.0. The highest BCUT2D eigenvalue weighted by molar-refractivity contribution is 5.94. The number of hydrogen-bond acceptors (Lipinski definition) is 2. The molecule has 3 rings (SSSR count). The summed E-state index contributed by atoms with van der Waals surface area (Å²) in [6, 6.07) is 12.1. The maximum absolute atomic E-state index is 4.56. The van der Waals surface area contributed by atoms with Gasteiger partial charge in [0.15, 0.2) is 0 Å². The van der Waals surface area contributed by atoms with Crippen molar-refractivity contribution in [2.75, 3.05) is 0 Å². The lowest BCUT2D eigenvalue weighted by Crippen LogP contribution is -2.21. The number of aryl methyl sites for hydroxylation is 1. The first-order valence-corrected chi connectivity index (χ1v) is 6.88. The van der Waals surface area contributed by atoms with E-state index < -0.39 is 0 Å². The quantitative estimate of drug-likeness (QED) is 0.495. The molecule has 0 aliphatic rings.